The molecule has 6 nitrogen and oxygen atoms in total. The molecule has 0 unspecified atom stereocenters. The van der Waals surface area contributed by atoms with Crippen LogP contribution < -0.4 is 5.32 Å². The topological polar surface area (TPSA) is 67.2 Å². The van der Waals surface area contributed by atoms with Crippen LogP contribution in [0, 0.1) is 0 Å². The molecule has 1 N–H and O–H groups in total. The zero-order valence-corrected chi connectivity index (χ0v) is 16.8. The van der Waals surface area contributed by atoms with E-state index in [2.05, 4.69) is 10.4 Å². The summed E-state index contributed by atoms with van der Waals surface area (Å²) in [6.45, 7) is 5.98. The molecule has 0 atom stereocenters. The number of amides is 2. The quantitative estimate of drug-likeness (QED) is 0.639. The predicted molar refractivity (Wildman–Crippen MR) is 114 cm³/mol. The summed E-state index contributed by atoms with van der Waals surface area (Å²) in [5.74, 6) is -0.103. The number of likely N-dealkylation sites (N-methyl/N-ethyl adjacent to an activating group) is 1. The van der Waals surface area contributed by atoms with Crippen molar-refractivity contribution >= 4 is 17.5 Å². The first-order valence-electron chi connectivity index (χ1n) is 9.83. The molecule has 29 heavy (non-hydrogen) atoms. The summed E-state index contributed by atoms with van der Waals surface area (Å²) < 4.78 is 1.74. The van der Waals surface area contributed by atoms with Crippen LogP contribution in [0.1, 0.15) is 35.3 Å². The Labute approximate surface area is 171 Å². The molecule has 0 saturated carbocycles. The number of nitrogens with one attached hydrogen (secondary N) is 1. The van der Waals surface area contributed by atoms with Crippen LogP contribution in [0.5, 0.6) is 0 Å². The van der Waals surface area contributed by atoms with Gasteiger partial charge in [0, 0.05) is 25.0 Å². The van der Waals surface area contributed by atoms with Gasteiger partial charge in [0.2, 0.25) is 5.91 Å². The van der Waals surface area contributed by atoms with Crippen LogP contribution in [-0.2, 0) is 17.8 Å². The highest BCUT2D eigenvalue weighted by atomic mass is 16.2. The number of benzene rings is 2. The second-order valence-electron chi connectivity index (χ2n) is 6.81. The minimum absolute atomic E-state index is 0.109. The molecule has 1 heterocycles. The van der Waals surface area contributed by atoms with Crippen LogP contribution >= 0.6 is 0 Å². The second kappa shape index (κ2) is 9.68. The molecule has 0 aliphatic heterocycles. The van der Waals surface area contributed by atoms with Crippen molar-refractivity contribution in [2.24, 2.45) is 0 Å². The highest BCUT2D eigenvalue weighted by Crippen LogP contribution is 2.13. The fourth-order valence-corrected chi connectivity index (χ4v) is 3.11. The first-order valence-corrected chi connectivity index (χ1v) is 9.83. The Hall–Kier alpha value is -3.41. The van der Waals surface area contributed by atoms with Crippen LogP contribution in [0.15, 0.2) is 67.0 Å². The van der Waals surface area contributed by atoms with Gasteiger partial charge in [0.15, 0.2) is 0 Å². The van der Waals surface area contributed by atoms with Crippen LogP contribution in [0.4, 0.5) is 5.69 Å². The first kappa shape index (κ1) is 20.3. The molecule has 0 fully saturated rings. The highest BCUT2D eigenvalue weighted by molar-refractivity contribution is 6.03. The van der Waals surface area contributed by atoms with Gasteiger partial charge in [-0.05, 0) is 37.1 Å². The zero-order chi connectivity index (χ0) is 20.6. The Morgan fingerprint density at radius 3 is 2.31 bits per heavy atom. The average Bonchev–Trinajstić information content (AvgIpc) is 3.20. The van der Waals surface area contributed by atoms with Gasteiger partial charge in [-0.1, -0.05) is 42.5 Å². The van der Waals surface area contributed by atoms with E-state index < -0.39 is 0 Å². The largest absolute Gasteiger partial charge is 0.343 e. The lowest BCUT2D eigenvalue weighted by Gasteiger charge is -2.18. The minimum atomic E-state index is -0.212. The summed E-state index contributed by atoms with van der Waals surface area (Å²) in [7, 11) is 0. The molecule has 0 aliphatic rings. The van der Waals surface area contributed by atoms with Crippen molar-refractivity contribution in [2.45, 2.75) is 26.8 Å². The molecule has 1 aromatic heterocycles. The lowest BCUT2D eigenvalue weighted by atomic mass is 10.1. The molecular formula is C23H26N4O2. The van der Waals surface area contributed by atoms with E-state index in [0.717, 1.165) is 11.1 Å². The summed E-state index contributed by atoms with van der Waals surface area (Å²) in [5, 5.41) is 7.14. The van der Waals surface area contributed by atoms with Gasteiger partial charge in [0.05, 0.1) is 24.7 Å². The Morgan fingerprint density at radius 2 is 1.66 bits per heavy atom. The van der Waals surface area contributed by atoms with E-state index >= 15 is 0 Å². The Morgan fingerprint density at radius 1 is 0.966 bits per heavy atom. The highest BCUT2D eigenvalue weighted by Gasteiger charge is 2.12. The summed E-state index contributed by atoms with van der Waals surface area (Å²) in [6, 6.07) is 17.3. The van der Waals surface area contributed by atoms with Crippen LogP contribution in [0.2, 0.25) is 0 Å². The van der Waals surface area contributed by atoms with Crippen LogP contribution in [0.25, 0.3) is 0 Å². The molecule has 0 spiro atoms. The van der Waals surface area contributed by atoms with E-state index in [9.17, 15) is 9.59 Å². The molecular weight excluding hydrogens is 364 g/mol. The third-order valence-electron chi connectivity index (χ3n) is 4.77. The Kier molecular flexibility index (Phi) is 6.79. The lowest BCUT2D eigenvalue weighted by molar-refractivity contribution is -0.130. The number of rotatable bonds is 8. The summed E-state index contributed by atoms with van der Waals surface area (Å²) in [5.41, 5.74) is 3.24. The summed E-state index contributed by atoms with van der Waals surface area (Å²) in [6.07, 6.45) is 3.66. The van der Waals surface area contributed by atoms with Gasteiger partial charge in [-0.3, -0.25) is 14.3 Å². The van der Waals surface area contributed by atoms with Gasteiger partial charge in [-0.2, -0.15) is 5.10 Å². The molecule has 3 rings (SSSR count). The number of carbonyl (C=O) groups excluding carboxylic acids is 2. The van der Waals surface area contributed by atoms with Crippen molar-refractivity contribution in [3.05, 3.63) is 83.7 Å². The molecule has 0 saturated heterocycles. The predicted octanol–water partition coefficient (Wildman–Crippen LogP) is 3.59. The van der Waals surface area contributed by atoms with Crippen LogP contribution in [0.3, 0.4) is 0 Å². The smallest absolute Gasteiger partial charge is 0.258 e. The Balaban J connectivity index is 1.57. The lowest BCUT2D eigenvalue weighted by Crippen LogP contribution is -2.31. The normalized spacial score (nSPS) is 10.6. The van der Waals surface area contributed by atoms with Gasteiger partial charge < -0.3 is 10.2 Å². The molecule has 0 radical (unpaired) electrons. The third kappa shape index (κ3) is 5.54. The monoisotopic (exact) mass is 390 g/mol. The number of carbonyl (C=O) groups is 2. The first-order chi connectivity index (χ1) is 14.1. The SMILES string of the molecule is CCN(CC)C(=O)Cc1ccc(NC(=O)c2cnn(Cc3ccccc3)c2)cc1. The van der Waals surface area contributed by atoms with Gasteiger partial charge in [0.25, 0.3) is 5.91 Å². The van der Waals surface area contributed by atoms with Crippen molar-refractivity contribution in [2.75, 3.05) is 18.4 Å². The minimum Gasteiger partial charge on any atom is -0.343 e. The molecule has 0 aliphatic carbocycles. The van der Waals surface area contributed by atoms with Crippen molar-refractivity contribution < 1.29 is 9.59 Å². The molecule has 6 heteroatoms. The third-order valence-corrected chi connectivity index (χ3v) is 4.77. The number of hydrogen-bond donors (Lipinski definition) is 1. The van der Waals surface area contributed by atoms with Gasteiger partial charge >= 0.3 is 0 Å². The van der Waals surface area contributed by atoms with Crippen molar-refractivity contribution in [3.63, 3.8) is 0 Å². The average molecular weight is 390 g/mol. The Bertz CT molecular complexity index is 945. The number of hydrogen-bond acceptors (Lipinski definition) is 3. The van der Waals surface area contributed by atoms with E-state index in [0.29, 0.717) is 37.3 Å². The number of aromatic nitrogens is 2. The van der Waals surface area contributed by atoms with Gasteiger partial charge in [-0.15, -0.1) is 0 Å². The van der Waals surface area contributed by atoms with Gasteiger partial charge in [-0.25, -0.2) is 0 Å². The van der Waals surface area contributed by atoms with Crippen LogP contribution in [-0.4, -0.2) is 39.6 Å². The second-order valence-corrected chi connectivity index (χ2v) is 6.81. The maximum Gasteiger partial charge on any atom is 0.258 e. The molecule has 2 aromatic carbocycles. The summed E-state index contributed by atoms with van der Waals surface area (Å²) in [4.78, 5) is 26.5. The molecule has 2 amide bonds. The van der Waals surface area contributed by atoms with Crippen molar-refractivity contribution in [1.29, 1.82) is 0 Å². The maximum atomic E-state index is 12.5. The number of anilines is 1. The van der Waals surface area contributed by atoms with Crippen molar-refractivity contribution in [1.82, 2.24) is 14.7 Å². The number of nitrogens with zero attached hydrogens (tertiary/aromatic N) is 3. The fraction of sp³-hybridized carbons (Fsp3) is 0.261. The molecule has 3 aromatic rings. The zero-order valence-electron chi connectivity index (χ0n) is 16.8. The van der Waals surface area contributed by atoms with E-state index in [4.69, 9.17) is 0 Å². The van der Waals surface area contributed by atoms with E-state index in [-0.39, 0.29) is 11.8 Å². The van der Waals surface area contributed by atoms with Crippen molar-refractivity contribution in [3.8, 4) is 0 Å². The molecule has 150 valence electrons. The van der Waals surface area contributed by atoms with E-state index in [1.807, 2.05) is 73.3 Å². The summed E-state index contributed by atoms with van der Waals surface area (Å²) >= 11 is 0. The maximum absolute atomic E-state index is 12.5. The van der Waals surface area contributed by atoms with E-state index in [1.165, 1.54) is 0 Å². The van der Waals surface area contributed by atoms with E-state index in [1.54, 1.807) is 17.1 Å². The van der Waals surface area contributed by atoms with Gasteiger partial charge in [0.1, 0.15) is 0 Å². The molecule has 0 bridgehead atoms. The standard InChI is InChI=1S/C23H26N4O2/c1-3-26(4-2)22(28)14-18-10-12-21(13-11-18)25-23(29)20-15-24-27(17-20)16-19-8-6-5-7-9-19/h5-13,15,17H,3-4,14,16H2,1-2H3,(H,25,29). The fourth-order valence-electron chi connectivity index (χ4n) is 3.11.